The Bertz CT molecular complexity index is 646. The maximum absolute atomic E-state index is 11.6. The van der Waals surface area contributed by atoms with Crippen LogP contribution in [0.2, 0.25) is 0 Å². The highest BCUT2D eigenvalue weighted by molar-refractivity contribution is 7.80. The van der Waals surface area contributed by atoms with E-state index in [0.29, 0.717) is 16.8 Å². The van der Waals surface area contributed by atoms with E-state index in [-0.39, 0.29) is 0 Å². The lowest BCUT2D eigenvalue weighted by Gasteiger charge is -2.19. The molecule has 0 bridgehead atoms. The van der Waals surface area contributed by atoms with Crippen molar-refractivity contribution in [3.05, 3.63) is 18.3 Å². The van der Waals surface area contributed by atoms with E-state index in [4.69, 9.17) is 4.74 Å². The largest absolute Gasteiger partial charge is 0.444 e. The third-order valence-electron chi connectivity index (χ3n) is 2.50. The number of carbonyl (C=O) groups excluding carboxylic acids is 1. The topological polar surface area (TPSA) is 81.9 Å². The molecule has 0 unspecified atom stereocenters. The van der Waals surface area contributed by atoms with Crippen LogP contribution in [0.1, 0.15) is 20.8 Å². The number of anilines is 1. The van der Waals surface area contributed by atoms with Crippen LogP contribution in [0, 0.1) is 0 Å². The summed E-state index contributed by atoms with van der Waals surface area (Å²) < 4.78 is 6.89. The van der Waals surface area contributed by atoms with Gasteiger partial charge in [-0.05, 0) is 32.9 Å². The first-order valence-electron chi connectivity index (χ1n) is 6.31. The second-order valence-corrected chi connectivity index (χ2v) is 5.84. The molecule has 0 aliphatic rings. The van der Waals surface area contributed by atoms with Gasteiger partial charge in [0.15, 0.2) is 11.0 Å². The fourth-order valence-corrected chi connectivity index (χ4v) is 1.72. The number of nitrogens with one attached hydrogen (secondary N) is 1. The Labute approximate surface area is 128 Å². The van der Waals surface area contributed by atoms with E-state index >= 15 is 0 Å². The molecule has 0 aliphatic carbocycles. The van der Waals surface area contributed by atoms with Gasteiger partial charge >= 0.3 is 6.09 Å². The molecule has 0 fully saturated rings. The quantitative estimate of drug-likeness (QED) is 0.833. The average molecular weight is 307 g/mol. The minimum absolute atomic E-state index is 0.404. The summed E-state index contributed by atoms with van der Waals surface area (Å²) in [7, 11) is 1.81. The smallest absolute Gasteiger partial charge is 0.413 e. The van der Waals surface area contributed by atoms with Gasteiger partial charge < -0.3 is 9.30 Å². The van der Waals surface area contributed by atoms with Crippen molar-refractivity contribution in [2.75, 3.05) is 5.32 Å². The van der Waals surface area contributed by atoms with Gasteiger partial charge in [-0.25, -0.2) is 9.78 Å². The predicted molar refractivity (Wildman–Crippen MR) is 81.3 cm³/mol. The van der Waals surface area contributed by atoms with Crippen molar-refractivity contribution in [3.8, 4) is 11.4 Å². The number of hydrogen-bond acceptors (Lipinski definition) is 6. The molecule has 8 heteroatoms. The second-order valence-electron chi connectivity index (χ2n) is 5.44. The zero-order valence-electron chi connectivity index (χ0n) is 12.3. The Morgan fingerprint density at radius 2 is 2.05 bits per heavy atom. The van der Waals surface area contributed by atoms with Crippen molar-refractivity contribution < 1.29 is 9.53 Å². The molecule has 2 aromatic rings. The van der Waals surface area contributed by atoms with Crippen molar-refractivity contribution in [1.29, 1.82) is 0 Å². The van der Waals surface area contributed by atoms with Crippen LogP contribution in [-0.2, 0) is 11.8 Å². The normalized spacial score (nSPS) is 11.3. The number of carbonyl (C=O) groups is 1. The van der Waals surface area contributed by atoms with E-state index in [1.165, 1.54) is 0 Å². The third-order valence-corrected chi connectivity index (χ3v) is 2.89. The highest BCUT2D eigenvalue weighted by Crippen LogP contribution is 2.19. The van der Waals surface area contributed by atoms with Crippen molar-refractivity contribution in [1.82, 2.24) is 19.7 Å². The van der Waals surface area contributed by atoms with Crippen molar-refractivity contribution >= 4 is 24.5 Å². The van der Waals surface area contributed by atoms with E-state index in [1.54, 1.807) is 43.7 Å². The summed E-state index contributed by atoms with van der Waals surface area (Å²) in [5.41, 5.74) is 0.228. The van der Waals surface area contributed by atoms with Crippen molar-refractivity contribution in [2.45, 2.75) is 31.5 Å². The van der Waals surface area contributed by atoms with Crippen LogP contribution in [0.4, 0.5) is 10.6 Å². The van der Waals surface area contributed by atoms with E-state index in [0.717, 1.165) is 5.56 Å². The third kappa shape index (κ3) is 3.94. The Morgan fingerprint density at radius 3 is 2.52 bits per heavy atom. The van der Waals surface area contributed by atoms with E-state index < -0.39 is 11.7 Å². The van der Waals surface area contributed by atoms with Crippen LogP contribution in [0.3, 0.4) is 0 Å². The first-order chi connectivity index (χ1) is 9.76. The predicted octanol–water partition coefficient (Wildman–Crippen LogP) is 2.51. The lowest BCUT2D eigenvalue weighted by molar-refractivity contribution is 0.0635. The van der Waals surface area contributed by atoms with Crippen LogP contribution >= 0.6 is 12.6 Å². The van der Waals surface area contributed by atoms with Crippen molar-refractivity contribution in [3.63, 3.8) is 0 Å². The van der Waals surface area contributed by atoms with Gasteiger partial charge in [-0.1, -0.05) is 0 Å². The zero-order valence-corrected chi connectivity index (χ0v) is 13.2. The lowest BCUT2D eigenvalue weighted by atomic mass is 10.2. The molecule has 0 radical (unpaired) electrons. The molecule has 1 N–H and O–H groups in total. The van der Waals surface area contributed by atoms with Gasteiger partial charge in [0, 0.05) is 18.8 Å². The van der Waals surface area contributed by atoms with Crippen LogP contribution < -0.4 is 5.32 Å². The number of amides is 1. The number of aromatic nitrogens is 4. The Morgan fingerprint density at radius 1 is 1.33 bits per heavy atom. The number of ether oxygens (including phenoxy) is 1. The summed E-state index contributed by atoms with van der Waals surface area (Å²) in [6.07, 6.45) is 1.06. The number of nitrogens with zero attached hydrogens (tertiary/aromatic N) is 4. The molecule has 21 heavy (non-hydrogen) atoms. The average Bonchev–Trinajstić information content (AvgIpc) is 2.69. The number of hydrogen-bond donors (Lipinski definition) is 2. The molecule has 2 rings (SSSR count). The SMILES string of the molecule is Cn1c(S)nnc1-c1ccc(NC(=O)OC(C)(C)C)nc1. The number of thiol groups is 1. The molecule has 0 atom stereocenters. The van der Waals surface area contributed by atoms with E-state index in [1.807, 2.05) is 7.05 Å². The summed E-state index contributed by atoms with van der Waals surface area (Å²) >= 11 is 4.17. The van der Waals surface area contributed by atoms with E-state index in [9.17, 15) is 4.79 Å². The maximum atomic E-state index is 11.6. The molecule has 0 aromatic carbocycles. The zero-order chi connectivity index (χ0) is 15.6. The molecular formula is C13H17N5O2S. The molecule has 7 nitrogen and oxygen atoms in total. The highest BCUT2D eigenvalue weighted by atomic mass is 32.1. The standard InChI is InChI=1S/C13H17N5O2S/c1-13(2,3)20-12(19)15-9-6-5-8(7-14-9)10-16-17-11(21)18(10)4/h5-7H,1-4H3,(H,17,21)(H,14,15,19). The molecule has 1 amide bonds. The molecule has 0 aliphatic heterocycles. The fourth-order valence-electron chi connectivity index (χ4n) is 1.58. The summed E-state index contributed by atoms with van der Waals surface area (Å²) in [6.45, 7) is 5.39. The molecule has 2 heterocycles. The Kier molecular flexibility index (Phi) is 4.17. The lowest BCUT2D eigenvalue weighted by Crippen LogP contribution is -2.27. The maximum Gasteiger partial charge on any atom is 0.413 e. The van der Waals surface area contributed by atoms with Gasteiger partial charge in [0.1, 0.15) is 11.4 Å². The summed E-state index contributed by atoms with van der Waals surface area (Å²) in [6, 6.07) is 3.46. The highest BCUT2D eigenvalue weighted by Gasteiger charge is 2.16. The van der Waals surface area contributed by atoms with Gasteiger partial charge in [0.05, 0.1) is 0 Å². The first-order valence-corrected chi connectivity index (χ1v) is 6.76. The van der Waals surface area contributed by atoms with Gasteiger partial charge in [0.25, 0.3) is 0 Å². The summed E-state index contributed by atoms with van der Waals surface area (Å²) in [4.78, 5) is 15.8. The first kappa shape index (κ1) is 15.3. The second kappa shape index (κ2) is 5.72. The van der Waals surface area contributed by atoms with Crippen LogP contribution in [0.25, 0.3) is 11.4 Å². The molecule has 0 saturated heterocycles. The Balaban J connectivity index is 2.09. The van der Waals surface area contributed by atoms with Gasteiger partial charge in [-0.15, -0.1) is 22.8 Å². The minimum Gasteiger partial charge on any atom is -0.444 e. The fraction of sp³-hybridized carbons (Fsp3) is 0.385. The molecule has 2 aromatic heterocycles. The minimum atomic E-state index is -0.550. The summed E-state index contributed by atoms with van der Waals surface area (Å²) in [5, 5.41) is 11.0. The number of pyridine rings is 1. The van der Waals surface area contributed by atoms with Crippen molar-refractivity contribution in [2.24, 2.45) is 7.05 Å². The molecule has 0 saturated carbocycles. The summed E-state index contributed by atoms with van der Waals surface area (Å²) in [5.74, 6) is 1.05. The molecule has 112 valence electrons. The Hall–Kier alpha value is -2.09. The van der Waals surface area contributed by atoms with Gasteiger partial charge in [-0.2, -0.15) is 0 Å². The van der Waals surface area contributed by atoms with Crippen LogP contribution in [0.5, 0.6) is 0 Å². The van der Waals surface area contributed by atoms with E-state index in [2.05, 4.69) is 33.1 Å². The van der Waals surface area contributed by atoms with Crippen LogP contribution in [-0.4, -0.2) is 31.4 Å². The molecular weight excluding hydrogens is 290 g/mol. The van der Waals surface area contributed by atoms with Gasteiger partial charge in [-0.3, -0.25) is 5.32 Å². The number of rotatable bonds is 2. The molecule has 0 spiro atoms. The van der Waals surface area contributed by atoms with Gasteiger partial charge in [0.2, 0.25) is 0 Å². The van der Waals surface area contributed by atoms with Crippen LogP contribution in [0.15, 0.2) is 23.5 Å². The monoisotopic (exact) mass is 307 g/mol.